The molecule has 0 aliphatic carbocycles. The summed E-state index contributed by atoms with van der Waals surface area (Å²) in [7, 11) is -2.24. The van der Waals surface area contributed by atoms with Crippen molar-refractivity contribution in [3.8, 4) is 11.5 Å². The Bertz CT molecular complexity index is 1150. The molecule has 3 aromatic carbocycles. The summed E-state index contributed by atoms with van der Waals surface area (Å²) < 4.78 is 38.0. The minimum Gasteiger partial charge on any atom is -0.494 e. The van der Waals surface area contributed by atoms with Crippen LogP contribution in [0.15, 0.2) is 83.8 Å². The number of nitrogens with zero attached hydrogens (tertiary/aromatic N) is 1. The summed E-state index contributed by atoms with van der Waals surface area (Å²) in [5.41, 5.74) is 1.48. The van der Waals surface area contributed by atoms with Gasteiger partial charge in [0.05, 0.1) is 23.2 Å². The van der Waals surface area contributed by atoms with Crippen LogP contribution in [0.1, 0.15) is 25.5 Å². The first-order valence-corrected chi connectivity index (χ1v) is 12.0. The third kappa shape index (κ3) is 6.26. The van der Waals surface area contributed by atoms with E-state index in [1.54, 1.807) is 36.4 Å². The molecule has 0 spiro atoms. The molecule has 0 fully saturated rings. The van der Waals surface area contributed by atoms with Crippen molar-refractivity contribution in [2.24, 2.45) is 0 Å². The monoisotopic (exact) mass is 468 g/mol. The van der Waals surface area contributed by atoms with Gasteiger partial charge in [-0.2, -0.15) is 0 Å². The summed E-state index contributed by atoms with van der Waals surface area (Å²) in [6, 6.07) is 22.3. The normalized spacial score (nSPS) is 12.0. The molecule has 1 atom stereocenters. The van der Waals surface area contributed by atoms with Gasteiger partial charge in [0.2, 0.25) is 0 Å². The van der Waals surface area contributed by atoms with Gasteiger partial charge in [0, 0.05) is 7.05 Å². The summed E-state index contributed by atoms with van der Waals surface area (Å²) in [6.45, 7) is 4.14. The van der Waals surface area contributed by atoms with Crippen molar-refractivity contribution in [2.45, 2.75) is 24.8 Å². The lowest BCUT2D eigenvalue weighted by atomic mass is 10.1. The van der Waals surface area contributed by atoms with Gasteiger partial charge < -0.3 is 14.8 Å². The zero-order valence-corrected chi connectivity index (χ0v) is 19.7. The second-order valence-electron chi connectivity index (χ2n) is 7.36. The largest absolute Gasteiger partial charge is 0.494 e. The zero-order valence-electron chi connectivity index (χ0n) is 18.9. The van der Waals surface area contributed by atoms with Gasteiger partial charge in [0.25, 0.3) is 15.9 Å². The lowest BCUT2D eigenvalue weighted by Crippen LogP contribution is -2.31. The fourth-order valence-corrected chi connectivity index (χ4v) is 4.38. The molecule has 0 aliphatic rings. The van der Waals surface area contributed by atoms with Gasteiger partial charge in [-0.05, 0) is 67.9 Å². The molecule has 174 valence electrons. The average molecular weight is 469 g/mol. The van der Waals surface area contributed by atoms with Gasteiger partial charge in [-0.25, -0.2) is 8.42 Å². The Kier molecular flexibility index (Phi) is 7.95. The molecule has 3 rings (SSSR count). The molecule has 1 N–H and O–H groups in total. The first-order chi connectivity index (χ1) is 15.8. The van der Waals surface area contributed by atoms with Crippen LogP contribution in [0.2, 0.25) is 0 Å². The maximum Gasteiger partial charge on any atom is 0.264 e. The van der Waals surface area contributed by atoms with E-state index in [4.69, 9.17) is 9.47 Å². The van der Waals surface area contributed by atoms with Crippen molar-refractivity contribution in [3.63, 3.8) is 0 Å². The molecule has 0 aliphatic heterocycles. The molecule has 0 aromatic heterocycles. The summed E-state index contributed by atoms with van der Waals surface area (Å²) in [6.07, 6.45) is 0. The van der Waals surface area contributed by atoms with Crippen LogP contribution in [0.4, 0.5) is 5.69 Å². The van der Waals surface area contributed by atoms with Crippen molar-refractivity contribution in [3.05, 3.63) is 84.4 Å². The Balaban J connectivity index is 1.58. The molecular formula is C25H28N2O5S. The van der Waals surface area contributed by atoms with Crippen LogP contribution in [0.25, 0.3) is 0 Å². The summed E-state index contributed by atoms with van der Waals surface area (Å²) in [5, 5.41) is 2.89. The van der Waals surface area contributed by atoms with Crippen molar-refractivity contribution >= 4 is 21.6 Å². The number of anilines is 1. The molecule has 3 aromatic rings. The Morgan fingerprint density at radius 2 is 1.48 bits per heavy atom. The predicted molar refractivity (Wildman–Crippen MR) is 128 cm³/mol. The van der Waals surface area contributed by atoms with Crippen LogP contribution in [0.3, 0.4) is 0 Å². The number of amides is 1. The molecule has 1 amide bonds. The molecule has 1 unspecified atom stereocenters. The van der Waals surface area contributed by atoms with E-state index in [9.17, 15) is 13.2 Å². The zero-order chi connectivity index (χ0) is 23.8. The fourth-order valence-electron chi connectivity index (χ4n) is 3.18. The van der Waals surface area contributed by atoms with E-state index in [2.05, 4.69) is 5.32 Å². The van der Waals surface area contributed by atoms with E-state index >= 15 is 0 Å². The first kappa shape index (κ1) is 24.1. The van der Waals surface area contributed by atoms with Crippen molar-refractivity contribution in [1.82, 2.24) is 5.32 Å². The molecule has 0 radical (unpaired) electrons. The third-order valence-electron chi connectivity index (χ3n) is 5.04. The van der Waals surface area contributed by atoms with Gasteiger partial charge in [-0.3, -0.25) is 9.10 Å². The molecule has 0 heterocycles. The van der Waals surface area contributed by atoms with E-state index in [-0.39, 0.29) is 23.5 Å². The van der Waals surface area contributed by atoms with Crippen LogP contribution in [-0.2, 0) is 14.8 Å². The van der Waals surface area contributed by atoms with E-state index in [0.29, 0.717) is 23.8 Å². The van der Waals surface area contributed by atoms with Crippen LogP contribution < -0.4 is 19.1 Å². The Morgan fingerprint density at radius 1 is 0.909 bits per heavy atom. The number of carbonyl (C=O) groups is 1. The number of benzene rings is 3. The highest BCUT2D eigenvalue weighted by Gasteiger charge is 2.21. The lowest BCUT2D eigenvalue weighted by molar-refractivity contribution is -0.123. The predicted octanol–water partition coefficient (Wildman–Crippen LogP) is 4.17. The Morgan fingerprint density at radius 3 is 2.09 bits per heavy atom. The number of sulfonamides is 1. The highest BCUT2D eigenvalue weighted by molar-refractivity contribution is 7.92. The second kappa shape index (κ2) is 10.9. The number of ether oxygens (including phenoxy) is 2. The maximum atomic E-state index is 12.9. The quantitative estimate of drug-likeness (QED) is 0.483. The van der Waals surface area contributed by atoms with Gasteiger partial charge in [-0.1, -0.05) is 30.3 Å². The molecule has 0 saturated carbocycles. The van der Waals surface area contributed by atoms with Crippen molar-refractivity contribution in [2.75, 3.05) is 24.6 Å². The second-order valence-corrected chi connectivity index (χ2v) is 9.33. The molecule has 8 heteroatoms. The van der Waals surface area contributed by atoms with Gasteiger partial charge in [0.15, 0.2) is 6.61 Å². The topological polar surface area (TPSA) is 84.9 Å². The molecule has 7 nitrogen and oxygen atoms in total. The maximum absolute atomic E-state index is 12.9. The van der Waals surface area contributed by atoms with E-state index < -0.39 is 10.0 Å². The molecule has 0 saturated heterocycles. The van der Waals surface area contributed by atoms with E-state index in [0.717, 1.165) is 5.56 Å². The minimum atomic E-state index is -3.73. The van der Waals surface area contributed by atoms with E-state index in [1.807, 2.05) is 44.2 Å². The summed E-state index contributed by atoms with van der Waals surface area (Å²) in [4.78, 5) is 12.4. The minimum absolute atomic E-state index is 0.133. The fraction of sp³-hybridized carbons (Fsp3) is 0.240. The van der Waals surface area contributed by atoms with Gasteiger partial charge in [-0.15, -0.1) is 0 Å². The summed E-state index contributed by atoms with van der Waals surface area (Å²) in [5.74, 6) is 0.835. The highest BCUT2D eigenvalue weighted by atomic mass is 32.2. The molecule has 33 heavy (non-hydrogen) atoms. The average Bonchev–Trinajstić information content (AvgIpc) is 2.83. The van der Waals surface area contributed by atoms with Crippen molar-refractivity contribution in [1.29, 1.82) is 0 Å². The number of nitrogens with one attached hydrogen (secondary N) is 1. The lowest BCUT2D eigenvalue weighted by Gasteiger charge is -2.20. The van der Waals surface area contributed by atoms with E-state index in [1.165, 1.54) is 23.5 Å². The van der Waals surface area contributed by atoms with Crippen LogP contribution in [0, 0.1) is 0 Å². The number of hydrogen-bond acceptors (Lipinski definition) is 5. The first-order valence-electron chi connectivity index (χ1n) is 10.6. The third-order valence-corrected chi connectivity index (χ3v) is 6.84. The number of hydrogen-bond donors (Lipinski definition) is 1. The Labute approximate surface area is 195 Å². The van der Waals surface area contributed by atoms with Crippen LogP contribution >= 0.6 is 0 Å². The number of rotatable bonds is 10. The van der Waals surface area contributed by atoms with Crippen molar-refractivity contribution < 1.29 is 22.7 Å². The molecule has 0 bridgehead atoms. The van der Waals surface area contributed by atoms with Crippen LogP contribution in [0.5, 0.6) is 11.5 Å². The Hall–Kier alpha value is -3.52. The van der Waals surface area contributed by atoms with Gasteiger partial charge in [0.1, 0.15) is 11.5 Å². The SMILES string of the molecule is CCOc1ccc(S(=O)(=O)N(C)c2ccc(OCC(=O)NC(C)c3ccccc3)cc2)cc1. The van der Waals surface area contributed by atoms with Gasteiger partial charge >= 0.3 is 0 Å². The summed E-state index contributed by atoms with van der Waals surface area (Å²) >= 11 is 0. The smallest absolute Gasteiger partial charge is 0.264 e. The highest BCUT2D eigenvalue weighted by Crippen LogP contribution is 2.25. The standard InChI is InChI=1S/C25H28N2O5S/c1-4-31-22-14-16-24(17-15-22)33(29,30)27(3)21-10-12-23(13-11-21)32-18-25(28)26-19(2)20-8-6-5-7-9-20/h5-17,19H,4,18H2,1-3H3,(H,26,28). The van der Waals surface area contributed by atoms with Crippen LogP contribution in [-0.4, -0.2) is 34.6 Å². The molecular weight excluding hydrogens is 440 g/mol. The number of carbonyl (C=O) groups excluding carboxylic acids is 1.